The van der Waals surface area contributed by atoms with Crippen molar-refractivity contribution in [3.63, 3.8) is 0 Å². The molecular formula is C27H23F3N4O2S. The van der Waals surface area contributed by atoms with Crippen LogP contribution in [0.3, 0.4) is 0 Å². The third kappa shape index (κ3) is 7.65. The molecule has 3 aromatic carbocycles. The van der Waals surface area contributed by atoms with E-state index in [0.717, 1.165) is 23.3 Å². The van der Waals surface area contributed by atoms with Gasteiger partial charge in [-0.3, -0.25) is 4.79 Å². The number of nitrogens with zero attached hydrogens (tertiary/aromatic N) is 2. The van der Waals surface area contributed by atoms with Crippen LogP contribution in [-0.2, 0) is 24.0 Å². The maximum absolute atomic E-state index is 12.9. The van der Waals surface area contributed by atoms with Crippen LogP contribution in [0.25, 0.3) is 0 Å². The lowest BCUT2D eigenvalue weighted by molar-refractivity contribution is -0.137. The van der Waals surface area contributed by atoms with Crippen LogP contribution in [0.5, 0.6) is 5.75 Å². The Balaban J connectivity index is 1.30. The van der Waals surface area contributed by atoms with Gasteiger partial charge in [0.15, 0.2) is 5.13 Å². The summed E-state index contributed by atoms with van der Waals surface area (Å²) >= 11 is 1.19. The van der Waals surface area contributed by atoms with Crippen LogP contribution >= 0.6 is 11.3 Å². The van der Waals surface area contributed by atoms with Gasteiger partial charge in [0.1, 0.15) is 12.4 Å². The molecule has 37 heavy (non-hydrogen) atoms. The van der Waals surface area contributed by atoms with Gasteiger partial charge in [0.2, 0.25) is 5.91 Å². The molecule has 0 radical (unpaired) electrons. The van der Waals surface area contributed by atoms with Gasteiger partial charge in [0.05, 0.1) is 23.9 Å². The van der Waals surface area contributed by atoms with Gasteiger partial charge in [-0.2, -0.15) is 18.3 Å². The number of hydrazone groups is 1. The van der Waals surface area contributed by atoms with Crippen molar-refractivity contribution in [1.29, 1.82) is 0 Å². The second kappa shape index (κ2) is 11.7. The van der Waals surface area contributed by atoms with Crippen molar-refractivity contribution in [2.75, 3.05) is 5.32 Å². The first-order valence-electron chi connectivity index (χ1n) is 11.2. The van der Waals surface area contributed by atoms with Crippen molar-refractivity contribution in [3.8, 4) is 5.75 Å². The Morgan fingerprint density at radius 3 is 2.70 bits per heavy atom. The van der Waals surface area contributed by atoms with Crippen LogP contribution < -0.4 is 15.5 Å². The van der Waals surface area contributed by atoms with Gasteiger partial charge in [-0.25, -0.2) is 10.4 Å². The number of para-hydroxylation sites is 1. The smallest absolute Gasteiger partial charge is 0.416 e. The fourth-order valence-corrected chi connectivity index (χ4v) is 4.13. The molecule has 2 N–H and O–H groups in total. The zero-order valence-corrected chi connectivity index (χ0v) is 20.6. The summed E-state index contributed by atoms with van der Waals surface area (Å²) in [5.41, 5.74) is 5.34. The second-order valence-corrected chi connectivity index (χ2v) is 8.99. The van der Waals surface area contributed by atoms with E-state index in [0.29, 0.717) is 28.7 Å². The fourth-order valence-electron chi connectivity index (χ4n) is 3.40. The molecule has 190 valence electrons. The largest absolute Gasteiger partial charge is 0.488 e. The maximum atomic E-state index is 12.9. The van der Waals surface area contributed by atoms with E-state index in [4.69, 9.17) is 4.74 Å². The Morgan fingerprint density at radius 2 is 1.89 bits per heavy atom. The summed E-state index contributed by atoms with van der Waals surface area (Å²) in [7, 11) is 0. The van der Waals surface area contributed by atoms with E-state index < -0.39 is 11.7 Å². The lowest BCUT2D eigenvalue weighted by atomic mass is 10.1. The van der Waals surface area contributed by atoms with E-state index in [1.807, 2.05) is 49.4 Å². The molecule has 0 saturated heterocycles. The Morgan fingerprint density at radius 1 is 1.08 bits per heavy atom. The molecule has 1 amide bonds. The SMILES string of the molecule is Cc1cccc(COc2ccccc2/C=N\NC(=O)Cc2csc(Nc3cccc(C(F)(F)F)c3)n2)c1. The van der Waals surface area contributed by atoms with Crippen LogP contribution in [0, 0.1) is 6.92 Å². The summed E-state index contributed by atoms with van der Waals surface area (Å²) < 4.78 is 44.6. The molecule has 0 aliphatic rings. The number of aromatic nitrogens is 1. The molecule has 6 nitrogen and oxygen atoms in total. The maximum Gasteiger partial charge on any atom is 0.416 e. The summed E-state index contributed by atoms with van der Waals surface area (Å²) in [5.74, 6) is 0.247. The minimum absolute atomic E-state index is 0.0381. The first-order valence-corrected chi connectivity index (χ1v) is 12.1. The quantitative estimate of drug-likeness (QED) is 0.194. The number of aryl methyl sites for hydroxylation is 1. The molecule has 0 aliphatic carbocycles. The third-order valence-electron chi connectivity index (χ3n) is 5.12. The number of rotatable bonds is 9. The highest BCUT2D eigenvalue weighted by atomic mass is 32.1. The molecule has 0 atom stereocenters. The fraction of sp³-hybridized carbons (Fsp3) is 0.148. The van der Waals surface area contributed by atoms with Crippen molar-refractivity contribution < 1.29 is 22.7 Å². The highest BCUT2D eigenvalue weighted by Crippen LogP contribution is 2.31. The number of alkyl halides is 3. The normalized spacial score (nSPS) is 11.5. The van der Waals surface area contributed by atoms with Crippen LogP contribution in [0.4, 0.5) is 24.0 Å². The molecule has 4 aromatic rings. The number of carbonyl (C=O) groups excluding carboxylic acids is 1. The average Bonchev–Trinajstić information content (AvgIpc) is 3.29. The van der Waals surface area contributed by atoms with E-state index in [9.17, 15) is 18.0 Å². The van der Waals surface area contributed by atoms with Crippen LogP contribution in [-0.4, -0.2) is 17.1 Å². The van der Waals surface area contributed by atoms with Gasteiger partial charge in [0, 0.05) is 16.6 Å². The molecule has 10 heteroatoms. The first-order chi connectivity index (χ1) is 17.8. The molecule has 1 aromatic heterocycles. The molecule has 1 heterocycles. The van der Waals surface area contributed by atoms with Gasteiger partial charge in [-0.15, -0.1) is 11.3 Å². The molecule has 0 spiro atoms. The standard InChI is InChI=1S/C27H23F3N4O2S/c1-18-6-4-7-19(12-18)16-36-24-11-3-2-8-20(24)15-31-34-25(35)14-23-17-37-26(33-23)32-22-10-5-9-21(13-22)27(28,29)30/h2-13,15,17H,14,16H2,1H3,(H,32,33)(H,34,35)/b31-15-. The molecule has 0 fully saturated rings. The lowest BCUT2D eigenvalue weighted by Crippen LogP contribution is -2.20. The monoisotopic (exact) mass is 524 g/mol. The van der Waals surface area contributed by atoms with E-state index in [2.05, 4.69) is 26.9 Å². The Labute approximate surface area is 215 Å². The molecule has 0 aliphatic heterocycles. The summed E-state index contributed by atoms with van der Waals surface area (Å²) in [5, 5.41) is 8.90. The first kappa shape index (κ1) is 25.9. The van der Waals surface area contributed by atoms with Crippen molar-refractivity contribution >= 4 is 34.3 Å². The predicted octanol–water partition coefficient (Wildman–Crippen LogP) is 6.49. The number of carbonyl (C=O) groups is 1. The summed E-state index contributed by atoms with van der Waals surface area (Å²) in [6, 6.07) is 20.2. The Hall–Kier alpha value is -4.18. The zero-order chi connectivity index (χ0) is 26.3. The molecule has 4 rings (SSSR count). The van der Waals surface area contributed by atoms with Gasteiger partial charge >= 0.3 is 6.18 Å². The molecule has 0 bridgehead atoms. The van der Waals surface area contributed by atoms with E-state index >= 15 is 0 Å². The van der Waals surface area contributed by atoms with Crippen molar-refractivity contribution in [1.82, 2.24) is 10.4 Å². The number of nitrogens with one attached hydrogen (secondary N) is 2. The van der Waals surface area contributed by atoms with E-state index in [1.54, 1.807) is 5.38 Å². The molecular weight excluding hydrogens is 501 g/mol. The highest BCUT2D eigenvalue weighted by molar-refractivity contribution is 7.13. The van der Waals surface area contributed by atoms with E-state index in [-0.39, 0.29) is 18.0 Å². The number of thiazole rings is 1. The summed E-state index contributed by atoms with van der Waals surface area (Å²) in [6.45, 7) is 2.42. The number of ether oxygens (including phenoxy) is 1. The van der Waals surface area contributed by atoms with Crippen molar-refractivity contribution in [3.05, 3.63) is 106 Å². The Bertz CT molecular complexity index is 1400. The number of halogens is 3. The molecule has 0 unspecified atom stereocenters. The second-order valence-electron chi connectivity index (χ2n) is 8.13. The average molecular weight is 525 g/mol. The number of amides is 1. The zero-order valence-electron chi connectivity index (χ0n) is 19.8. The van der Waals surface area contributed by atoms with Gasteiger partial charge < -0.3 is 10.1 Å². The van der Waals surface area contributed by atoms with E-state index in [1.165, 1.54) is 29.7 Å². The van der Waals surface area contributed by atoms with Crippen molar-refractivity contribution in [2.24, 2.45) is 5.10 Å². The van der Waals surface area contributed by atoms with Crippen LogP contribution in [0.2, 0.25) is 0 Å². The van der Waals surface area contributed by atoms with Crippen molar-refractivity contribution in [2.45, 2.75) is 26.1 Å². The summed E-state index contributed by atoms with van der Waals surface area (Å²) in [4.78, 5) is 16.6. The third-order valence-corrected chi connectivity index (χ3v) is 5.93. The highest BCUT2D eigenvalue weighted by Gasteiger charge is 2.30. The number of anilines is 2. The summed E-state index contributed by atoms with van der Waals surface area (Å²) in [6.07, 6.45) is -2.97. The predicted molar refractivity (Wildman–Crippen MR) is 138 cm³/mol. The van der Waals surface area contributed by atoms with Gasteiger partial charge in [-0.05, 0) is 42.8 Å². The van der Waals surface area contributed by atoms with Crippen LogP contribution in [0.1, 0.15) is 27.9 Å². The minimum atomic E-state index is -4.43. The van der Waals surface area contributed by atoms with Gasteiger partial charge in [-0.1, -0.05) is 48.0 Å². The topological polar surface area (TPSA) is 75.6 Å². The number of hydrogen-bond donors (Lipinski definition) is 2. The lowest BCUT2D eigenvalue weighted by Gasteiger charge is -2.09. The minimum Gasteiger partial charge on any atom is -0.488 e. The number of hydrogen-bond acceptors (Lipinski definition) is 6. The molecule has 0 saturated carbocycles. The number of benzene rings is 3. The Kier molecular flexibility index (Phi) is 8.19. The van der Waals surface area contributed by atoms with Crippen LogP contribution in [0.15, 0.2) is 83.3 Å². The van der Waals surface area contributed by atoms with Gasteiger partial charge in [0.25, 0.3) is 0 Å².